The number of hydrogen-bond donors (Lipinski definition) is 0. The SMILES string of the molecule is Cc1c(OCC(=O)c2ccc(Br)cc2)ccc2c1O/C(=C\c1cccs1)C2=O. The van der Waals surface area contributed by atoms with Crippen molar-refractivity contribution in [2.75, 3.05) is 6.61 Å². The van der Waals surface area contributed by atoms with Gasteiger partial charge in [-0.2, -0.15) is 0 Å². The number of carbonyl (C=O) groups is 2. The van der Waals surface area contributed by atoms with Gasteiger partial charge in [-0.3, -0.25) is 9.59 Å². The van der Waals surface area contributed by atoms with Crippen molar-refractivity contribution in [1.29, 1.82) is 0 Å². The summed E-state index contributed by atoms with van der Waals surface area (Å²) in [6, 6.07) is 14.3. The fourth-order valence-electron chi connectivity index (χ4n) is 2.89. The first-order valence-corrected chi connectivity index (χ1v) is 10.2. The zero-order chi connectivity index (χ0) is 19.7. The minimum atomic E-state index is -0.149. The summed E-state index contributed by atoms with van der Waals surface area (Å²) in [7, 11) is 0. The van der Waals surface area contributed by atoms with Gasteiger partial charge in [-0.25, -0.2) is 0 Å². The van der Waals surface area contributed by atoms with Crippen molar-refractivity contribution in [2.45, 2.75) is 6.92 Å². The van der Waals surface area contributed by atoms with Gasteiger partial charge in [-0.05, 0) is 42.6 Å². The molecular weight excluding hydrogens is 440 g/mol. The Kier molecular flexibility index (Phi) is 5.15. The van der Waals surface area contributed by atoms with Crippen LogP contribution in [-0.2, 0) is 0 Å². The molecule has 0 saturated heterocycles. The van der Waals surface area contributed by atoms with Crippen LogP contribution in [-0.4, -0.2) is 18.2 Å². The molecular formula is C22H15BrO4S. The number of benzene rings is 2. The lowest BCUT2D eigenvalue weighted by molar-refractivity contribution is 0.0920. The molecule has 6 heteroatoms. The van der Waals surface area contributed by atoms with E-state index < -0.39 is 0 Å². The molecule has 4 rings (SSSR count). The summed E-state index contributed by atoms with van der Waals surface area (Å²) >= 11 is 4.88. The van der Waals surface area contributed by atoms with Crippen LogP contribution < -0.4 is 9.47 Å². The molecule has 2 aromatic carbocycles. The highest BCUT2D eigenvalue weighted by molar-refractivity contribution is 9.10. The molecule has 4 nitrogen and oxygen atoms in total. The van der Waals surface area contributed by atoms with E-state index in [-0.39, 0.29) is 18.2 Å². The zero-order valence-electron chi connectivity index (χ0n) is 14.9. The molecule has 3 aromatic rings. The molecule has 2 heterocycles. The summed E-state index contributed by atoms with van der Waals surface area (Å²) in [5.74, 6) is 1.03. The predicted octanol–water partition coefficient (Wildman–Crippen LogP) is 5.70. The van der Waals surface area contributed by atoms with Crippen molar-refractivity contribution < 1.29 is 19.1 Å². The van der Waals surface area contributed by atoms with Gasteiger partial charge in [-0.1, -0.05) is 34.1 Å². The molecule has 0 unspecified atom stereocenters. The molecule has 0 fully saturated rings. The zero-order valence-corrected chi connectivity index (χ0v) is 17.3. The first-order chi connectivity index (χ1) is 13.5. The van der Waals surface area contributed by atoms with Crippen molar-refractivity contribution in [3.63, 3.8) is 0 Å². The minimum Gasteiger partial charge on any atom is -0.485 e. The summed E-state index contributed by atoms with van der Waals surface area (Å²) in [6.07, 6.45) is 1.74. The molecule has 0 N–H and O–H groups in total. The lowest BCUT2D eigenvalue weighted by atomic mass is 10.1. The van der Waals surface area contributed by atoms with E-state index in [1.165, 1.54) is 11.3 Å². The van der Waals surface area contributed by atoms with E-state index in [0.717, 1.165) is 9.35 Å². The Morgan fingerprint density at radius 3 is 2.68 bits per heavy atom. The number of hydrogen-bond acceptors (Lipinski definition) is 5. The maximum atomic E-state index is 12.6. The fourth-order valence-corrected chi connectivity index (χ4v) is 3.80. The molecule has 0 spiro atoms. The Balaban J connectivity index is 1.52. The molecule has 1 aliphatic rings. The topological polar surface area (TPSA) is 52.6 Å². The standard InChI is InChI=1S/C22H15BrO4S/c1-13-19(26-12-18(24)14-4-6-15(23)7-5-14)9-8-17-21(25)20(27-22(13)17)11-16-3-2-10-28-16/h2-11H,12H2,1H3/b20-11-. The van der Waals surface area contributed by atoms with Gasteiger partial charge in [0.05, 0.1) is 5.56 Å². The van der Waals surface area contributed by atoms with Crippen molar-refractivity contribution in [2.24, 2.45) is 0 Å². The minimum absolute atomic E-state index is 0.0902. The maximum absolute atomic E-state index is 12.6. The molecule has 0 saturated carbocycles. The highest BCUT2D eigenvalue weighted by atomic mass is 79.9. The van der Waals surface area contributed by atoms with Crippen molar-refractivity contribution in [1.82, 2.24) is 0 Å². The summed E-state index contributed by atoms with van der Waals surface area (Å²) in [5, 5.41) is 1.94. The van der Waals surface area contributed by atoms with E-state index in [0.29, 0.717) is 33.9 Å². The highest BCUT2D eigenvalue weighted by Gasteiger charge is 2.30. The Labute approximate surface area is 174 Å². The molecule has 0 aliphatic carbocycles. The molecule has 0 atom stereocenters. The molecule has 1 aromatic heterocycles. The van der Waals surface area contributed by atoms with E-state index in [1.807, 2.05) is 36.6 Å². The van der Waals surface area contributed by atoms with Crippen LogP contribution in [0.4, 0.5) is 0 Å². The highest BCUT2D eigenvalue weighted by Crippen LogP contribution is 2.39. The first-order valence-electron chi connectivity index (χ1n) is 8.56. The molecule has 0 radical (unpaired) electrons. The Morgan fingerprint density at radius 1 is 1.18 bits per heavy atom. The summed E-state index contributed by atoms with van der Waals surface area (Å²) in [5.41, 5.74) is 1.78. The van der Waals surface area contributed by atoms with Gasteiger partial charge in [0.25, 0.3) is 0 Å². The quantitative estimate of drug-likeness (QED) is 0.366. The first kappa shape index (κ1) is 18.7. The number of halogens is 1. The van der Waals surface area contributed by atoms with Crippen LogP contribution in [0.2, 0.25) is 0 Å². The second kappa shape index (κ2) is 7.73. The van der Waals surface area contributed by atoms with Crippen molar-refractivity contribution in [3.8, 4) is 11.5 Å². The van der Waals surface area contributed by atoms with E-state index in [1.54, 1.807) is 30.3 Å². The summed E-state index contributed by atoms with van der Waals surface area (Å²) in [4.78, 5) is 25.8. The van der Waals surface area contributed by atoms with Gasteiger partial charge in [0.1, 0.15) is 11.5 Å². The molecule has 0 bridgehead atoms. The van der Waals surface area contributed by atoms with Gasteiger partial charge >= 0.3 is 0 Å². The van der Waals surface area contributed by atoms with Crippen LogP contribution in [0, 0.1) is 6.92 Å². The monoisotopic (exact) mass is 454 g/mol. The predicted molar refractivity (Wildman–Crippen MR) is 112 cm³/mol. The number of Topliss-reactive ketones (excluding diaryl/α,β-unsaturated/α-hetero) is 2. The third-order valence-electron chi connectivity index (χ3n) is 4.38. The molecule has 140 valence electrons. The van der Waals surface area contributed by atoms with Gasteiger partial charge in [0.2, 0.25) is 5.78 Å². The maximum Gasteiger partial charge on any atom is 0.232 e. The number of fused-ring (bicyclic) bond motifs is 1. The summed E-state index contributed by atoms with van der Waals surface area (Å²) in [6.45, 7) is 1.73. The van der Waals surface area contributed by atoms with E-state index >= 15 is 0 Å². The van der Waals surface area contributed by atoms with Gasteiger partial charge < -0.3 is 9.47 Å². The van der Waals surface area contributed by atoms with Crippen LogP contribution in [0.1, 0.15) is 31.2 Å². The average molecular weight is 455 g/mol. The normalized spacial score (nSPS) is 14.1. The summed E-state index contributed by atoms with van der Waals surface area (Å²) < 4.78 is 12.4. The number of ether oxygens (including phenoxy) is 2. The van der Waals surface area contributed by atoms with Crippen molar-refractivity contribution >= 4 is 44.9 Å². The number of ketones is 2. The third kappa shape index (κ3) is 3.66. The number of rotatable bonds is 5. The third-order valence-corrected chi connectivity index (χ3v) is 5.73. The Bertz CT molecular complexity index is 1080. The number of allylic oxidation sites excluding steroid dienone is 1. The van der Waals surface area contributed by atoms with Gasteiger partial charge in [-0.15, -0.1) is 11.3 Å². The molecule has 28 heavy (non-hydrogen) atoms. The van der Waals surface area contributed by atoms with Crippen LogP contribution in [0.5, 0.6) is 11.5 Å². The van der Waals surface area contributed by atoms with Crippen molar-refractivity contribution in [3.05, 3.63) is 85.7 Å². The van der Waals surface area contributed by atoms with E-state index in [9.17, 15) is 9.59 Å². The smallest absolute Gasteiger partial charge is 0.232 e. The van der Waals surface area contributed by atoms with Crippen LogP contribution >= 0.6 is 27.3 Å². The fraction of sp³-hybridized carbons (Fsp3) is 0.0909. The second-order valence-corrected chi connectivity index (χ2v) is 8.13. The lowest BCUT2D eigenvalue weighted by Crippen LogP contribution is -2.12. The average Bonchev–Trinajstić information content (AvgIpc) is 3.31. The molecule has 1 aliphatic heterocycles. The van der Waals surface area contributed by atoms with E-state index in [2.05, 4.69) is 15.9 Å². The van der Waals surface area contributed by atoms with Gasteiger partial charge in [0, 0.05) is 26.6 Å². The Morgan fingerprint density at radius 2 is 1.96 bits per heavy atom. The lowest BCUT2D eigenvalue weighted by Gasteiger charge is -2.11. The largest absolute Gasteiger partial charge is 0.485 e. The number of carbonyl (C=O) groups excluding carboxylic acids is 2. The Hall–Kier alpha value is -2.70. The van der Waals surface area contributed by atoms with Crippen LogP contribution in [0.25, 0.3) is 6.08 Å². The van der Waals surface area contributed by atoms with Gasteiger partial charge in [0.15, 0.2) is 18.1 Å². The molecule has 0 amide bonds. The van der Waals surface area contributed by atoms with Crippen LogP contribution in [0.3, 0.4) is 0 Å². The number of thiophene rings is 1. The second-order valence-electron chi connectivity index (χ2n) is 6.24. The van der Waals surface area contributed by atoms with E-state index in [4.69, 9.17) is 9.47 Å². The van der Waals surface area contributed by atoms with Crippen LogP contribution in [0.15, 0.2) is 64.1 Å².